The number of sulfone groups is 1. The van der Waals surface area contributed by atoms with Crippen LogP contribution in [0.5, 0.6) is 0 Å². The van der Waals surface area contributed by atoms with Gasteiger partial charge in [0.1, 0.15) is 16.9 Å². The molecular formula is C22H18F5N7O2S. The molecule has 9 nitrogen and oxygen atoms in total. The minimum atomic E-state index is -5.88. The average Bonchev–Trinajstić information content (AvgIpc) is 3.67. The molecule has 0 saturated heterocycles. The van der Waals surface area contributed by atoms with E-state index in [-0.39, 0.29) is 33.3 Å². The number of rotatable bonds is 6. The summed E-state index contributed by atoms with van der Waals surface area (Å²) in [5.74, 6) is -5.31. The molecule has 5 rings (SSSR count). The van der Waals surface area contributed by atoms with Crippen molar-refractivity contribution in [1.29, 1.82) is 0 Å². The Balaban J connectivity index is 1.66. The van der Waals surface area contributed by atoms with E-state index in [1.165, 1.54) is 37.0 Å². The van der Waals surface area contributed by atoms with E-state index in [9.17, 15) is 30.4 Å². The van der Waals surface area contributed by atoms with E-state index in [1.54, 1.807) is 0 Å². The van der Waals surface area contributed by atoms with Gasteiger partial charge in [-0.1, -0.05) is 6.92 Å². The third-order valence-corrected chi connectivity index (χ3v) is 7.82. The van der Waals surface area contributed by atoms with Crippen LogP contribution >= 0.6 is 0 Å². The van der Waals surface area contributed by atoms with Crippen LogP contribution in [0, 0.1) is 0 Å². The monoisotopic (exact) mass is 539 g/mol. The minimum Gasteiger partial charge on any atom is -0.309 e. The number of imidazole rings is 1. The molecule has 4 heterocycles. The van der Waals surface area contributed by atoms with Gasteiger partial charge >= 0.3 is 12.1 Å². The summed E-state index contributed by atoms with van der Waals surface area (Å²) in [4.78, 5) is 8.22. The van der Waals surface area contributed by atoms with Gasteiger partial charge in [0.05, 0.1) is 22.5 Å². The number of hydrogen-bond acceptors (Lipinski definition) is 8. The summed E-state index contributed by atoms with van der Waals surface area (Å²) in [7, 11) is -2.49. The Hall–Kier alpha value is -3.62. The molecule has 0 atom stereocenters. The molecule has 1 saturated carbocycles. The van der Waals surface area contributed by atoms with Crippen molar-refractivity contribution in [3.8, 4) is 22.6 Å². The van der Waals surface area contributed by atoms with Gasteiger partial charge in [0.2, 0.25) is 0 Å². The molecule has 4 aromatic heterocycles. The molecule has 1 fully saturated rings. The topological polar surface area (TPSA) is 116 Å². The van der Waals surface area contributed by atoms with Gasteiger partial charge in [0, 0.05) is 30.3 Å². The van der Waals surface area contributed by atoms with Gasteiger partial charge in [-0.25, -0.2) is 13.4 Å². The van der Waals surface area contributed by atoms with E-state index in [0.29, 0.717) is 23.1 Å². The summed E-state index contributed by atoms with van der Waals surface area (Å²) in [6, 6.07) is 3.70. The van der Waals surface area contributed by atoms with Crippen molar-refractivity contribution < 1.29 is 30.4 Å². The van der Waals surface area contributed by atoms with Crippen LogP contribution in [-0.2, 0) is 22.8 Å². The van der Waals surface area contributed by atoms with E-state index in [4.69, 9.17) is 0 Å². The maximum atomic E-state index is 13.8. The number of fused-ring (bicyclic) bond motifs is 1. The summed E-state index contributed by atoms with van der Waals surface area (Å²) in [5, 5.41) is 14.7. The molecule has 1 aliphatic rings. The predicted molar refractivity (Wildman–Crippen MR) is 120 cm³/mol. The van der Waals surface area contributed by atoms with Gasteiger partial charge in [-0.05, 0) is 31.0 Å². The fraction of sp³-hybridized carbons (Fsp3) is 0.364. The summed E-state index contributed by atoms with van der Waals surface area (Å²) in [5.41, 5.74) is -0.337. The number of nitrogens with zero attached hydrogens (tertiary/aromatic N) is 7. The Morgan fingerprint density at radius 1 is 1.00 bits per heavy atom. The second-order valence-electron chi connectivity index (χ2n) is 8.62. The van der Waals surface area contributed by atoms with Crippen LogP contribution < -0.4 is 0 Å². The second-order valence-corrected chi connectivity index (χ2v) is 10.9. The number of aryl methyl sites for hydroxylation is 1. The van der Waals surface area contributed by atoms with E-state index in [1.807, 2.05) is 6.07 Å². The summed E-state index contributed by atoms with van der Waals surface area (Å²) in [6.07, 6.45) is -0.994. The first-order valence-electron chi connectivity index (χ1n) is 11.0. The standard InChI is InChI=1S/C22H18F5N7O2S/c1-3-37(35,36)16-7-13(12-6-14(11-4-5-11)31-29-10-12)9-28-18(16)20-30-15-8-17(21(23,24)22(25,26)27)32-33-19(15)34(20)2/h6-11H,3-5H2,1-2H3. The fourth-order valence-corrected chi connectivity index (χ4v) is 4.84. The van der Waals surface area contributed by atoms with E-state index < -0.39 is 27.6 Å². The lowest BCUT2D eigenvalue weighted by molar-refractivity contribution is -0.291. The van der Waals surface area contributed by atoms with Crippen LogP contribution in [-0.4, -0.2) is 55.3 Å². The zero-order valence-corrected chi connectivity index (χ0v) is 20.1. The predicted octanol–water partition coefficient (Wildman–Crippen LogP) is 4.21. The third-order valence-electron chi connectivity index (χ3n) is 6.08. The smallest absolute Gasteiger partial charge is 0.309 e. The molecule has 0 spiro atoms. The molecule has 194 valence electrons. The Morgan fingerprint density at radius 3 is 2.35 bits per heavy atom. The van der Waals surface area contributed by atoms with Crippen LogP contribution in [0.3, 0.4) is 0 Å². The Bertz CT molecular complexity index is 1630. The first-order valence-corrected chi connectivity index (χ1v) is 12.7. The normalized spacial score (nSPS) is 14.9. The highest BCUT2D eigenvalue weighted by atomic mass is 32.2. The molecule has 0 radical (unpaired) electrons. The third kappa shape index (κ3) is 4.30. The van der Waals surface area contributed by atoms with Crippen LogP contribution in [0.15, 0.2) is 35.5 Å². The van der Waals surface area contributed by atoms with Crippen molar-refractivity contribution >= 4 is 21.0 Å². The number of halogens is 5. The maximum Gasteiger partial charge on any atom is 0.459 e. The van der Waals surface area contributed by atoms with Crippen molar-refractivity contribution in [3.05, 3.63) is 42.0 Å². The number of hydrogen-bond donors (Lipinski definition) is 0. The van der Waals surface area contributed by atoms with Crippen LogP contribution in [0.4, 0.5) is 22.0 Å². The van der Waals surface area contributed by atoms with Crippen molar-refractivity contribution in [2.45, 2.75) is 42.7 Å². The quantitative estimate of drug-likeness (QED) is 0.335. The molecule has 0 aromatic carbocycles. The highest BCUT2D eigenvalue weighted by Gasteiger charge is 2.60. The molecule has 0 N–H and O–H groups in total. The molecule has 4 aromatic rings. The molecular weight excluding hydrogens is 521 g/mol. The molecule has 0 unspecified atom stereocenters. The number of alkyl halides is 5. The van der Waals surface area contributed by atoms with E-state index in [0.717, 1.165) is 18.5 Å². The maximum absolute atomic E-state index is 13.8. The first kappa shape index (κ1) is 25.0. The summed E-state index contributed by atoms with van der Waals surface area (Å²) >= 11 is 0. The van der Waals surface area contributed by atoms with Gasteiger partial charge in [-0.15, -0.1) is 10.2 Å². The van der Waals surface area contributed by atoms with Crippen molar-refractivity contribution in [3.63, 3.8) is 0 Å². The summed E-state index contributed by atoms with van der Waals surface area (Å²) < 4.78 is 93.4. The van der Waals surface area contributed by atoms with Gasteiger partial charge in [0.25, 0.3) is 0 Å². The lowest BCUT2D eigenvalue weighted by atomic mass is 10.1. The number of aromatic nitrogens is 7. The Labute approximate surface area is 206 Å². The van der Waals surface area contributed by atoms with Crippen molar-refractivity contribution in [2.75, 3.05) is 5.75 Å². The van der Waals surface area contributed by atoms with Gasteiger partial charge in [-0.2, -0.15) is 32.1 Å². The minimum absolute atomic E-state index is 0.0955. The van der Waals surface area contributed by atoms with Crippen molar-refractivity contribution in [1.82, 2.24) is 34.9 Å². The Morgan fingerprint density at radius 2 is 1.70 bits per heavy atom. The molecule has 0 bridgehead atoms. The molecule has 1 aliphatic carbocycles. The molecule has 0 aliphatic heterocycles. The SMILES string of the molecule is CCS(=O)(=O)c1cc(-c2cnnc(C3CC3)c2)cnc1-c1nc2cc(C(F)(F)C(F)(F)F)nnc2n1C. The van der Waals surface area contributed by atoms with Crippen LogP contribution in [0.2, 0.25) is 0 Å². The van der Waals surface area contributed by atoms with E-state index in [2.05, 4.69) is 30.4 Å². The zero-order chi connectivity index (χ0) is 26.8. The lowest BCUT2D eigenvalue weighted by Crippen LogP contribution is -2.34. The molecule has 0 amide bonds. The summed E-state index contributed by atoms with van der Waals surface area (Å²) in [6.45, 7) is 1.44. The largest absolute Gasteiger partial charge is 0.459 e. The highest BCUT2D eigenvalue weighted by molar-refractivity contribution is 7.91. The number of pyridine rings is 1. The lowest BCUT2D eigenvalue weighted by Gasteiger charge is -2.17. The van der Waals surface area contributed by atoms with Gasteiger partial charge in [-0.3, -0.25) is 4.98 Å². The van der Waals surface area contributed by atoms with Crippen molar-refractivity contribution in [2.24, 2.45) is 7.05 Å². The van der Waals surface area contributed by atoms with Gasteiger partial charge in [0.15, 0.2) is 21.3 Å². The van der Waals surface area contributed by atoms with Gasteiger partial charge < -0.3 is 4.57 Å². The highest BCUT2D eigenvalue weighted by Crippen LogP contribution is 2.43. The van der Waals surface area contributed by atoms with Crippen LogP contribution in [0.25, 0.3) is 33.8 Å². The zero-order valence-electron chi connectivity index (χ0n) is 19.3. The second kappa shape index (κ2) is 8.46. The van der Waals surface area contributed by atoms with E-state index >= 15 is 0 Å². The molecule has 37 heavy (non-hydrogen) atoms. The molecule has 15 heteroatoms. The van der Waals surface area contributed by atoms with Crippen LogP contribution in [0.1, 0.15) is 37.1 Å². The Kier molecular flexibility index (Phi) is 5.73. The fourth-order valence-electron chi connectivity index (χ4n) is 3.78. The average molecular weight is 539 g/mol. The first-order chi connectivity index (χ1) is 17.3.